The average Bonchev–Trinajstić information content (AvgIpc) is 2.24. The lowest BCUT2D eigenvalue weighted by atomic mass is 9.97. The summed E-state index contributed by atoms with van der Waals surface area (Å²) in [7, 11) is 6.20. The Hall–Kier alpha value is -0.610. The molecule has 16 heavy (non-hydrogen) atoms. The van der Waals surface area contributed by atoms with Crippen LogP contribution in [0, 0.1) is 5.92 Å². The highest BCUT2D eigenvalue weighted by Gasteiger charge is 2.23. The molecule has 1 heterocycles. The van der Waals surface area contributed by atoms with E-state index in [0.717, 1.165) is 45.4 Å². The lowest BCUT2D eigenvalue weighted by Gasteiger charge is -2.28. The molecule has 0 aromatic carbocycles. The Morgan fingerprint density at radius 1 is 1.50 bits per heavy atom. The Morgan fingerprint density at radius 2 is 2.25 bits per heavy atom. The Balaban J connectivity index is 2.14. The van der Waals surface area contributed by atoms with Crippen LogP contribution in [-0.4, -0.2) is 63.0 Å². The summed E-state index contributed by atoms with van der Waals surface area (Å²) < 4.78 is 0. The van der Waals surface area contributed by atoms with Gasteiger partial charge in [-0.05, 0) is 53.5 Å². The predicted octanol–water partition coefficient (Wildman–Crippen LogP) is 0.396. The molecular formula is C12H25N3O. The van der Waals surface area contributed by atoms with Crippen molar-refractivity contribution in [1.82, 2.24) is 15.1 Å². The van der Waals surface area contributed by atoms with E-state index in [9.17, 15) is 4.79 Å². The van der Waals surface area contributed by atoms with Gasteiger partial charge in [0, 0.05) is 13.1 Å². The van der Waals surface area contributed by atoms with Crippen LogP contribution in [0.15, 0.2) is 0 Å². The molecule has 0 bridgehead atoms. The van der Waals surface area contributed by atoms with Gasteiger partial charge in [-0.3, -0.25) is 4.79 Å². The van der Waals surface area contributed by atoms with Gasteiger partial charge in [-0.2, -0.15) is 0 Å². The van der Waals surface area contributed by atoms with Crippen molar-refractivity contribution in [3.63, 3.8) is 0 Å². The summed E-state index contributed by atoms with van der Waals surface area (Å²) in [4.78, 5) is 16.2. The number of carbonyl (C=O) groups is 1. The van der Waals surface area contributed by atoms with Crippen molar-refractivity contribution in [2.75, 3.05) is 47.3 Å². The molecule has 1 unspecified atom stereocenters. The fourth-order valence-electron chi connectivity index (χ4n) is 2.13. The fraction of sp³-hybridized carbons (Fsp3) is 0.917. The maximum absolute atomic E-state index is 11.8. The minimum atomic E-state index is 0.207. The Morgan fingerprint density at radius 3 is 2.88 bits per heavy atom. The van der Waals surface area contributed by atoms with E-state index in [4.69, 9.17) is 0 Å². The smallest absolute Gasteiger partial charge is 0.224 e. The predicted molar refractivity (Wildman–Crippen MR) is 66.4 cm³/mol. The van der Waals surface area contributed by atoms with Gasteiger partial charge < -0.3 is 15.1 Å². The second-order valence-electron chi connectivity index (χ2n) is 5.05. The number of piperidine rings is 1. The number of carbonyl (C=O) groups excluding carboxylic acids is 1. The monoisotopic (exact) mass is 227 g/mol. The van der Waals surface area contributed by atoms with Gasteiger partial charge in [-0.1, -0.05) is 0 Å². The molecule has 1 aliphatic rings. The quantitative estimate of drug-likeness (QED) is 0.690. The number of rotatable bonds is 5. The molecular weight excluding hydrogens is 202 g/mol. The molecule has 1 fully saturated rings. The zero-order valence-electron chi connectivity index (χ0n) is 10.8. The number of hydrogen-bond donors (Lipinski definition) is 1. The minimum absolute atomic E-state index is 0.207. The first-order valence-electron chi connectivity index (χ1n) is 6.20. The third kappa shape index (κ3) is 4.94. The van der Waals surface area contributed by atoms with Crippen molar-refractivity contribution >= 4 is 5.91 Å². The van der Waals surface area contributed by atoms with E-state index in [2.05, 4.69) is 36.3 Å². The summed E-state index contributed by atoms with van der Waals surface area (Å²) in [5.41, 5.74) is 0. The van der Waals surface area contributed by atoms with E-state index >= 15 is 0 Å². The van der Waals surface area contributed by atoms with Gasteiger partial charge in [0.05, 0.1) is 5.92 Å². The highest BCUT2D eigenvalue weighted by molar-refractivity contribution is 5.78. The second kappa shape index (κ2) is 6.86. The molecule has 1 amide bonds. The molecule has 94 valence electrons. The average molecular weight is 227 g/mol. The molecule has 1 saturated heterocycles. The summed E-state index contributed by atoms with van der Waals surface area (Å²) >= 11 is 0. The van der Waals surface area contributed by atoms with Gasteiger partial charge in [0.25, 0.3) is 0 Å². The zero-order chi connectivity index (χ0) is 12.0. The van der Waals surface area contributed by atoms with Gasteiger partial charge in [0.1, 0.15) is 0 Å². The second-order valence-corrected chi connectivity index (χ2v) is 5.05. The molecule has 1 aliphatic heterocycles. The van der Waals surface area contributed by atoms with Gasteiger partial charge in [-0.15, -0.1) is 0 Å². The topological polar surface area (TPSA) is 35.6 Å². The number of nitrogens with one attached hydrogen (secondary N) is 1. The summed E-state index contributed by atoms with van der Waals surface area (Å²) in [5.74, 6) is 0.448. The largest absolute Gasteiger partial charge is 0.356 e. The number of likely N-dealkylation sites (tertiary alicyclic amines) is 1. The molecule has 0 saturated carbocycles. The normalized spacial score (nSPS) is 22.4. The summed E-state index contributed by atoms with van der Waals surface area (Å²) in [6.45, 7) is 3.88. The number of hydrogen-bond acceptors (Lipinski definition) is 3. The first-order valence-corrected chi connectivity index (χ1v) is 6.20. The van der Waals surface area contributed by atoms with Crippen LogP contribution in [-0.2, 0) is 4.79 Å². The van der Waals surface area contributed by atoms with E-state index in [1.807, 2.05) is 0 Å². The molecule has 4 heteroatoms. The summed E-state index contributed by atoms with van der Waals surface area (Å²) in [6.07, 6.45) is 3.22. The van der Waals surface area contributed by atoms with Crippen molar-refractivity contribution in [2.24, 2.45) is 5.92 Å². The standard InChI is InChI=1S/C12H25N3O/c1-14(2)8-5-7-13-12(16)11-6-4-9-15(3)10-11/h11H,4-10H2,1-3H3,(H,13,16). The van der Waals surface area contributed by atoms with Gasteiger partial charge >= 0.3 is 0 Å². The molecule has 0 radical (unpaired) electrons. The molecule has 1 atom stereocenters. The Kier molecular flexibility index (Phi) is 5.77. The molecule has 0 aromatic rings. The zero-order valence-corrected chi connectivity index (χ0v) is 10.8. The van der Waals surface area contributed by atoms with Crippen LogP contribution in [0.25, 0.3) is 0 Å². The van der Waals surface area contributed by atoms with Gasteiger partial charge in [0.2, 0.25) is 5.91 Å². The Bertz CT molecular complexity index is 218. The van der Waals surface area contributed by atoms with Crippen molar-refractivity contribution in [3.8, 4) is 0 Å². The van der Waals surface area contributed by atoms with Crippen LogP contribution in [0.4, 0.5) is 0 Å². The molecule has 1 rings (SSSR count). The van der Waals surface area contributed by atoms with E-state index in [1.165, 1.54) is 0 Å². The molecule has 0 spiro atoms. The van der Waals surface area contributed by atoms with Crippen molar-refractivity contribution in [3.05, 3.63) is 0 Å². The van der Waals surface area contributed by atoms with Crippen LogP contribution < -0.4 is 5.32 Å². The van der Waals surface area contributed by atoms with E-state index < -0.39 is 0 Å². The summed E-state index contributed by atoms with van der Waals surface area (Å²) in [5, 5.41) is 3.04. The third-order valence-electron chi connectivity index (χ3n) is 3.08. The number of amides is 1. The van der Waals surface area contributed by atoms with Crippen LogP contribution in [0.5, 0.6) is 0 Å². The highest BCUT2D eigenvalue weighted by Crippen LogP contribution is 2.14. The lowest BCUT2D eigenvalue weighted by molar-refractivity contribution is -0.126. The van der Waals surface area contributed by atoms with E-state index in [1.54, 1.807) is 0 Å². The van der Waals surface area contributed by atoms with Crippen molar-refractivity contribution in [1.29, 1.82) is 0 Å². The van der Waals surface area contributed by atoms with Crippen molar-refractivity contribution in [2.45, 2.75) is 19.3 Å². The van der Waals surface area contributed by atoms with E-state index in [0.29, 0.717) is 0 Å². The van der Waals surface area contributed by atoms with Crippen molar-refractivity contribution < 1.29 is 4.79 Å². The first-order chi connectivity index (χ1) is 7.59. The highest BCUT2D eigenvalue weighted by atomic mass is 16.1. The Labute approximate surface area is 99.0 Å². The summed E-state index contributed by atoms with van der Waals surface area (Å²) in [6, 6.07) is 0. The maximum Gasteiger partial charge on any atom is 0.224 e. The van der Waals surface area contributed by atoms with E-state index in [-0.39, 0.29) is 11.8 Å². The lowest BCUT2D eigenvalue weighted by Crippen LogP contribution is -2.41. The van der Waals surface area contributed by atoms with Gasteiger partial charge in [-0.25, -0.2) is 0 Å². The molecule has 0 aliphatic carbocycles. The fourth-order valence-corrected chi connectivity index (χ4v) is 2.13. The molecule has 4 nitrogen and oxygen atoms in total. The minimum Gasteiger partial charge on any atom is -0.356 e. The third-order valence-corrected chi connectivity index (χ3v) is 3.08. The molecule has 0 aromatic heterocycles. The van der Waals surface area contributed by atoms with Gasteiger partial charge in [0.15, 0.2) is 0 Å². The first kappa shape index (κ1) is 13.5. The maximum atomic E-state index is 11.8. The van der Waals surface area contributed by atoms with Crippen LogP contribution in [0.1, 0.15) is 19.3 Å². The van der Waals surface area contributed by atoms with Crippen LogP contribution in [0.3, 0.4) is 0 Å². The SMILES string of the molecule is CN(C)CCCNC(=O)C1CCCN(C)C1. The number of nitrogens with zero attached hydrogens (tertiary/aromatic N) is 2. The van der Waals surface area contributed by atoms with Crippen LogP contribution >= 0.6 is 0 Å². The van der Waals surface area contributed by atoms with Crippen LogP contribution in [0.2, 0.25) is 0 Å². The molecule has 1 N–H and O–H groups in total.